The van der Waals surface area contributed by atoms with Gasteiger partial charge in [0.15, 0.2) is 0 Å². The first-order chi connectivity index (χ1) is 7.49. The van der Waals surface area contributed by atoms with Crippen LogP contribution in [0.2, 0.25) is 0 Å². The molecular formula is C11H19NO4. The molecule has 0 saturated carbocycles. The molecule has 0 aromatic rings. The highest BCUT2D eigenvalue weighted by atomic mass is 16.6. The Morgan fingerprint density at radius 3 is 2.81 bits per heavy atom. The van der Waals surface area contributed by atoms with Crippen LogP contribution in [0.1, 0.15) is 33.1 Å². The molecule has 0 aromatic carbocycles. The van der Waals surface area contributed by atoms with E-state index in [9.17, 15) is 9.59 Å². The Bertz CT molecular complexity index is 265. The van der Waals surface area contributed by atoms with Crippen LogP contribution in [0.4, 0.5) is 4.79 Å². The molecule has 1 rings (SSSR count). The zero-order valence-electron chi connectivity index (χ0n) is 9.81. The maximum absolute atomic E-state index is 11.5. The number of ether oxygens (including phenoxy) is 1. The number of rotatable bonds is 5. The van der Waals surface area contributed by atoms with Crippen LogP contribution in [0, 0.1) is 5.92 Å². The molecule has 1 saturated heterocycles. The van der Waals surface area contributed by atoms with Crippen LogP contribution in [-0.2, 0) is 9.53 Å². The van der Waals surface area contributed by atoms with E-state index < -0.39 is 5.97 Å². The number of hydrogen-bond donors (Lipinski definition) is 1. The van der Waals surface area contributed by atoms with Gasteiger partial charge in [-0.25, -0.2) is 4.79 Å². The number of carbonyl (C=O) groups excluding carboxylic acids is 1. The van der Waals surface area contributed by atoms with Crippen molar-refractivity contribution >= 4 is 12.1 Å². The molecule has 0 spiro atoms. The second-order valence-electron chi connectivity index (χ2n) is 4.57. The van der Waals surface area contributed by atoms with Crippen LogP contribution in [0.15, 0.2) is 0 Å². The fourth-order valence-corrected chi connectivity index (χ4v) is 1.76. The lowest BCUT2D eigenvalue weighted by molar-refractivity contribution is -0.137. The van der Waals surface area contributed by atoms with E-state index in [4.69, 9.17) is 9.84 Å². The number of carbonyl (C=O) groups is 2. The van der Waals surface area contributed by atoms with Gasteiger partial charge >= 0.3 is 12.1 Å². The van der Waals surface area contributed by atoms with Crippen LogP contribution in [-0.4, -0.2) is 41.3 Å². The normalized spacial score (nSPS) is 21.1. The molecule has 1 heterocycles. The van der Waals surface area contributed by atoms with Gasteiger partial charge in [0.1, 0.15) is 6.10 Å². The van der Waals surface area contributed by atoms with Crippen molar-refractivity contribution in [2.75, 3.05) is 13.1 Å². The molecule has 0 aromatic heterocycles. The van der Waals surface area contributed by atoms with Crippen LogP contribution < -0.4 is 0 Å². The maximum atomic E-state index is 11.5. The Morgan fingerprint density at radius 2 is 2.31 bits per heavy atom. The largest absolute Gasteiger partial charge is 0.481 e. The molecule has 1 fully saturated rings. The summed E-state index contributed by atoms with van der Waals surface area (Å²) in [5, 5.41) is 8.53. The highest BCUT2D eigenvalue weighted by Gasteiger charge is 2.27. The van der Waals surface area contributed by atoms with Gasteiger partial charge in [0.2, 0.25) is 0 Å². The first-order valence-corrected chi connectivity index (χ1v) is 5.66. The van der Waals surface area contributed by atoms with Gasteiger partial charge in [-0.1, -0.05) is 13.8 Å². The molecule has 92 valence electrons. The van der Waals surface area contributed by atoms with Crippen molar-refractivity contribution in [2.24, 2.45) is 5.92 Å². The molecule has 1 N–H and O–H groups in total. The quantitative estimate of drug-likeness (QED) is 0.779. The molecule has 0 aliphatic carbocycles. The summed E-state index contributed by atoms with van der Waals surface area (Å²) in [5.41, 5.74) is 0. The molecule has 1 aliphatic heterocycles. The average molecular weight is 229 g/mol. The lowest BCUT2D eigenvalue weighted by Gasteiger charge is -2.32. The fraction of sp³-hybridized carbons (Fsp3) is 0.818. The fourth-order valence-electron chi connectivity index (χ4n) is 1.76. The molecular weight excluding hydrogens is 210 g/mol. The zero-order valence-corrected chi connectivity index (χ0v) is 9.81. The topological polar surface area (TPSA) is 66.8 Å². The summed E-state index contributed by atoms with van der Waals surface area (Å²) in [7, 11) is 0. The Hall–Kier alpha value is -1.26. The number of amides is 1. The maximum Gasteiger partial charge on any atom is 0.410 e. The van der Waals surface area contributed by atoms with Crippen LogP contribution in [0.25, 0.3) is 0 Å². The van der Waals surface area contributed by atoms with Crippen LogP contribution >= 0.6 is 0 Å². The van der Waals surface area contributed by atoms with Crippen LogP contribution in [0.5, 0.6) is 0 Å². The first kappa shape index (κ1) is 12.8. The lowest BCUT2D eigenvalue weighted by atomic mass is 10.1. The van der Waals surface area contributed by atoms with Crippen molar-refractivity contribution in [1.29, 1.82) is 0 Å². The van der Waals surface area contributed by atoms with E-state index >= 15 is 0 Å². The van der Waals surface area contributed by atoms with Gasteiger partial charge in [-0.2, -0.15) is 0 Å². The number of cyclic esters (lactones) is 1. The zero-order chi connectivity index (χ0) is 12.1. The molecule has 1 amide bonds. The Kier molecular flexibility index (Phi) is 4.58. The molecule has 0 radical (unpaired) electrons. The highest BCUT2D eigenvalue weighted by molar-refractivity contribution is 5.69. The van der Waals surface area contributed by atoms with Gasteiger partial charge < -0.3 is 14.7 Å². The predicted molar refractivity (Wildman–Crippen MR) is 58.2 cm³/mol. The summed E-state index contributed by atoms with van der Waals surface area (Å²) in [4.78, 5) is 23.6. The van der Waals surface area contributed by atoms with Crippen molar-refractivity contribution in [2.45, 2.75) is 39.2 Å². The van der Waals surface area contributed by atoms with E-state index in [1.165, 1.54) is 0 Å². The van der Waals surface area contributed by atoms with Crippen molar-refractivity contribution in [3.63, 3.8) is 0 Å². The van der Waals surface area contributed by atoms with E-state index in [1.54, 1.807) is 4.90 Å². The van der Waals surface area contributed by atoms with Crippen LogP contribution in [0.3, 0.4) is 0 Å². The number of hydrogen-bond acceptors (Lipinski definition) is 3. The van der Waals surface area contributed by atoms with Gasteiger partial charge in [0.05, 0.1) is 0 Å². The summed E-state index contributed by atoms with van der Waals surface area (Å²) in [6.45, 7) is 5.46. The standard InChI is InChI=1S/C11H19NO4/c1-8(2)7-12-6-5-9(16-11(12)15)3-4-10(13)14/h8-9H,3-7H2,1-2H3,(H,13,14). The lowest BCUT2D eigenvalue weighted by Crippen LogP contribution is -2.43. The molecule has 5 nitrogen and oxygen atoms in total. The summed E-state index contributed by atoms with van der Waals surface area (Å²) in [5.74, 6) is -0.427. The van der Waals surface area contributed by atoms with Crippen molar-refractivity contribution in [1.82, 2.24) is 4.90 Å². The summed E-state index contributed by atoms with van der Waals surface area (Å²) < 4.78 is 5.17. The predicted octanol–water partition coefficient (Wildman–Crippen LogP) is 1.72. The number of aliphatic carboxylic acids is 1. The molecule has 1 aliphatic rings. The minimum absolute atomic E-state index is 0.0577. The minimum Gasteiger partial charge on any atom is -0.481 e. The Morgan fingerprint density at radius 1 is 1.62 bits per heavy atom. The number of nitrogens with zero attached hydrogens (tertiary/aromatic N) is 1. The Labute approximate surface area is 95.4 Å². The number of carboxylic acids is 1. The minimum atomic E-state index is -0.847. The van der Waals surface area contributed by atoms with Gasteiger partial charge in [0.25, 0.3) is 0 Å². The van der Waals surface area contributed by atoms with Crippen molar-refractivity contribution in [3.8, 4) is 0 Å². The number of carboxylic acid groups (broad SMARTS) is 1. The van der Waals surface area contributed by atoms with Crippen molar-refractivity contribution in [3.05, 3.63) is 0 Å². The average Bonchev–Trinajstić information content (AvgIpc) is 2.18. The van der Waals surface area contributed by atoms with E-state index in [0.717, 1.165) is 6.42 Å². The monoisotopic (exact) mass is 229 g/mol. The highest BCUT2D eigenvalue weighted by Crippen LogP contribution is 2.17. The third-order valence-electron chi connectivity index (χ3n) is 2.51. The molecule has 5 heteroatoms. The summed E-state index contributed by atoms with van der Waals surface area (Å²) in [6.07, 6.45) is 0.659. The molecule has 16 heavy (non-hydrogen) atoms. The summed E-state index contributed by atoms with van der Waals surface area (Å²) >= 11 is 0. The molecule has 1 atom stereocenters. The molecule has 1 unspecified atom stereocenters. The SMILES string of the molecule is CC(C)CN1CCC(CCC(=O)O)OC1=O. The van der Waals surface area contributed by atoms with Gasteiger partial charge in [-0.05, 0) is 12.3 Å². The van der Waals surface area contributed by atoms with E-state index in [1.807, 2.05) is 13.8 Å². The van der Waals surface area contributed by atoms with E-state index in [0.29, 0.717) is 25.4 Å². The van der Waals surface area contributed by atoms with Gasteiger partial charge in [-0.3, -0.25) is 4.79 Å². The smallest absolute Gasteiger partial charge is 0.410 e. The van der Waals surface area contributed by atoms with E-state index in [2.05, 4.69) is 0 Å². The third kappa shape index (κ3) is 4.08. The third-order valence-corrected chi connectivity index (χ3v) is 2.51. The Balaban J connectivity index is 2.33. The first-order valence-electron chi connectivity index (χ1n) is 5.66. The second kappa shape index (κ2) is 5.72. The van der Waals surface area contributed by atoms with E-state index in [-0.39, 0.29) is 18.6 Å². The second-order valence-corrected chi connectivity index (χ2v) is 4.57. The van der Waals surface area contributed by atoms with Gasteiger partial charge in [0, 0.05) is 25.9 Å². The van der Waals surface area contributed by atoms with Crippen molar-refractivity contribution < 1.29 is 19.4 Å². The molecule has 0 bridgehead atoms. The van der Waals surface area contributed by atoms with Gasteiger partial charge in [-0.15, -0.1) is 0 Å². The summed E-state index contributed by atoms with van der Waals surface area (Å²) in [6, 6.07) is 0.